The lowest BCUT2D eigenvalue weighted by atomic mass is 10.2. The third kappa shape index (κ3) is 4.59. The third-order valence-corrected chi connectivity index (χ3v) is 3.18. The molecule has 0 aromatic heterocycles. The smallest absolute Gasteiger partial charge is 0.120 e. The zero-order valence-corrected chi connectivity index (χ0v) is 12.1. The first kappa shape index (κ1) is 14.4. The van der Waals surface area contributed by atoms with Gasteiger partial charge in [-0.1, -0.05) is 36.4 Å². The minimum atomic E-state index is 0.390. The zero-order valence-electron chi connectivity index (χ0n) is 12.1. The molecule has 0 aliphatic heterocycles. The first-order chi connectivity index (χ1) is 9.78. The van der Waals surface area contributed by atoms with E-state index in [1.807, 2.05) is 30.3 Å². The van der Waals surface area contributed by atoms with Crippen molar-refractivity contribution in [2.45, 2.75) is 19.5 Å². The van der Waals surface area contributed by atoms with E-state index < -0.39 is 0 Å². The maximum Gasteiger partial charge on any atom is 0.120 e. The number of nitrogens with one attached hydrogen (secondary N) is 2. The molecule has 0 saturated heterocycles. The largest absolute Gasteiger partial charge is 0.497 e. The second kappa shape index (κ2) is 7.56. The van der Waals surface area contributed by atoms with Gasteiger partial charge in [0, 0.05) is 30.9 Å². The van der Waals surface area contributed by atoms with Crippen molar-refractivity contribution in [3.05, 3.63) is 60.2 Å². The summed E-state index contributed by atoms with van der Waals surface area (Å²) in [5, 5.41) is 6.92. The summed E-state index contributed by atoms with van der Waals surface area (Å²) in [5.41, 5.74) is 2.39. The molecule has 3 nitrogen and oxygen atoms in total. The van der Waals surface area contributed by atoms with Crippen LogP contribution in [0.2, 0.25) is 0 Å². The highest BCUT2D eigenvalue weighted by atomic mass is 16.5. The summed E-state index contributed by atoms with van der Waals surface area (Å²) in [6.07, 6.45) is 0. The van der Waals surface area contributed by atoms with Gasteiger partial charge in [-0.2, -0.15) is 0 Å². The van der Waals surface area contributed by atoms with E-state index in [2.05, 4.69) is 41.8 Å². The monoisotopic (exact) mass is 270 g/mol. The lowest BCUT2D eigenvalue weighted by molar-refractivity contribution is 0.415. The molecule has 0 heterocycles. The number of rotatable bonds is 7. The van der Waals surface area contributed by atoms with Crippen molar-refractivity contribution in [1.29, 1.82) is 0 Å². The maximum absolute atomic E-state index is 5.21. The first-order valence-corrected chi connectivity index (χ1v) is 6.93. The summed E-state index contributed by atoms with van der Waals surface area (Å²) in [6.45, 7) is 3.94. The summed E-state index contributed by atoms with van der Waals surface area (Å²) >= 11 is 0. The molecule has 2 aromatic carbocycles. The summed E-state index contributed by atoms with van der Waals surface area (Å²) in [6, 6.07) is 18.8. The summed E-state index contributed by atoms with van der Waals surface area (Å²) in [4.78, 5) is 0. The Hall–Kier alpha value is -2.00. The SMILES string of the molecule is COc1cccc(NC[C@H](C)NCc2ccccc2)c1. The Bertz CT molecular complexity index is 513. The van der Waals surface area contributed by atoms with Gasteiger partial charge in [-0.05, 0) is 24.6 Å². The van der Waals surface area contributed by atoms with Gasteiger partial charge < -0.3 is 15.4 Å². The highest BCUT2D eigenvalue weighted by Crippen LogP contribution is 2.16. The van der Waals surface area contributed by atoms with Crippen LogP contribution in [0.25, 0.3) is 0 Å². The molecule has 106 valence electrons. The molecule has 0 fully saturated rings. The molecule has 0 aliphatic carbocycles. The van der Waals surface area contributed by atoms with E-state index in [-0.39, 0.29) is 0 Å². The normalized spacial score (nSPS) is 11.9. The van der Waals surface area contributed by atoms with E-state index in [0.29, 0.717) is 6.04 Å². The number of ether oxygens (including phenoxy) is 1. The van der Waals surface area contributed by atoms with Gasteiger partial charge in [0.2, 0.25) is 0 Å². The molecule has 0 bridgehead atoms. The molecule has 0 saturated carbocycles. The Morgan fingerprint density at radius 2 is 1.85 bits per heavy atom. The van der Waals surface area contributed by atoms with Crippen LogP contribution in [0.4, 0.5) is 5.69 Å². The number of hydrogen-bond donors (Lipinski definition) is 2. The molecule has 0 aliphatic rings. The van der Waals surface area contributed by atoms with Crippen LogP contribution in [0, 0.1) is 0 Å². The van der Waals surface area contributed by atoms with Crippen LogP contribution in [0.15, 0.2) is 54.6 Å². The van der Waals surface area contributed by atoms with Gasteiger partial charge in [-0.25, -0.2) is 0 Å². The van der Waals surface area contributed by atoms with Gasteiger partial charge in [0.1, 0.15) is 5.75 Å². The van der Waals surface area contributed by atoms with Crippen molar-refractivity contribution >= 4 is 5.69 Å². The Labute approximate surface area is 121 Å². The number of benzene rings is 2. The highest BCUT2D eigenvalue weighted by Gasteiger charge is 2.02. The summed E-state index contributed by atoms with van der Waals surface area (Å²) in [7, 11) is 1.68. The van der Waals surface area contributed by atoms with E-state index in [4.69, 9.17) is 4.74 Å². The Kier molecular flexibility index (Phi) is 5.44. The molecule has 2 N–H and O–H groups in total. The predicted molar refractivity (Wildman–Crippen MR) is 84.2 cm³/mol. The van der Waals surface area contributed by atoms with Gasteiger partial charge in [0.25, 0.3) is 0 Å². The van der Waals surface area contributed by atoms with Gasteiger partial charge in [-0.15, -0.1) is 0 Å². The van der Waals surface area contributed by atoms with Crippen LogP contribution in [-0.2, 0) is 6.54 Å². The van der Waals surface area contributed by atoms with Gasteiger partial charge >= 0.3 is 0 Å². The molecule has 2 aromatic rings. The number of anilines is 1. The topological polar surface area (TPSA) is 33.3 Å². The van der Waals surface area contributed by atoms with Crippen molar-refractivity contribution in [3.8, 4) is 5.75 Å². The minimum absolute atomic E-state index is 0.390. The zero-order chi connectivity index (χ0) is 14.2. The molecule has 20 heavy (non-hydrogen) atoms. The van der Waals surface area contributed by atoms with E-state index in [1.54, 1.807) is 7.11 Å². The molecule has 0 amide bonds. The lowest BCUT2D eigenvalue weighted by Gasteiger charge is -2.16. The van der Waals surface area contributed by atoms with Crippen molar-refractivity contribution in [2.24, 2.45) is 0 Å². The molecule has 0 unspecified atom stereocenters. The van der Waals surface area contributed by atoms with Crippen LogP contribution in [-0.4, -0.2) is 19.7 Å². The van der Waals surface area contributed by atoms with Crippen LogP contribution in [0.3, 0.4) is 0 Å². The van der Waals surface area contributed by atoms with Crippen molar-refractivity contribution in [2.75, 3.05) is 19.0 Å². The second-order valence-electron chi connectivity index (χ2n) is 4.88. The highest BCUT2D eigenvalue weighted by molar-refractivity contribution is 5.48. The quantitative estimate of drug-likeness (QED) is 0.810. The third-order valence-electron chi connectivity index (χ3n) is 3.18. The van der Waals surface area contributed by atoms with Gasteiger partial charge in [0.15, 0.2) is 0 Å². The Balaban J connectivity index is 1.75. The average molecular weight is 270 g/mol. The van der Waals surface area contributed by atoms with Gasteiger partial charge in [0.05, 0.1) is 7.11 Å². The number of methoxy groups -OCH3 is 1. The molecular formula is C17H22N2O. The van der Waals surface area contributed by atoms with Crippen molar-refractivity contribution in [1.82, 2.24) is 5.32 Å². The fraction of sp³-hybridized carbons (Fsp3) is 0.294. The van der Waals surface area contributed by atoms with Crippen molar-refractivity contribution in [3.63, 3.8) is 0 Å². The fourth-order valence-electron chi connectivity index (χ4n) is 1.96. The molecule has 2 rings (SSSR count). The van der Waals surface area contributed by atoms with E-state index >= 15 is 0 Å². The molecule has 0 radical (unpaired) electrons. The summed E-state index contributed by atoms with van der Waals surface area (Å²) < 4.78 is 5.21. The molecule has 3 heteroatoms. The minimum Gasteiger partial charge on any atom is -0.497 e. The molecular weight excluding hydrogens is 248 g/mol. The molecule has 1 atom stereocenters. The van der Waals surface area contributed by atoms with E-state index in [1.165, 1.54) is 5.56 Å². The maximum atomic E-state index is 5.21. The van der Waals surface area contributed by atoms with Crippen LogP contribution >= 0.6 is 0 Å². The van der Waals surface area contributed by atoms with Crippen LogP contribution < -0.4 is 15.4 Å². The second-order valence-corrected chi connectivity index (χ2v) is 4.88. The summed E-state index contributed by atoms with van der Waals surface area (Å²) in [5.74, 6) is 0.875. The fourth-order valence-corrected chi connectivity index (χ4v) is 1.96. The van der Waals surface area contributed by atoms with Crippen molar-refractivity contribution < 1.29 is 4.74 Å². The standard InChI is InChI=1S/C17H22N2O/c1-14(18-13-15-7-4-3-5-8-15)12-19-16-9-6-10-17(11-16)20-2/h3-11,14,18-19H,12-13H2,1-2H3/t14-/m0/s1. The average Bonchev–Trinajstić information content (AvgIpc) is 2.52. The number of hydrogen-bond acceptors (Lipinski definition) is 3. The van der Waals surface area contributed by atoms with Crippen LogP contribution in [0.5, 0.6) is 5.75 Å². The van der Waals surface area contributed by atoms with E-state index in [9.17, 15) is 0 Å². The van der Waals surface area contributed by atoms with Gasteiger partial charge in [-0.3, -0.25) is 0 Å². The van der Waals surface area contributed by atoms with E-state index in [0.717, 1.165) is 24.5 Å². The Morgan fingerprint density at radius 1 is 1.05 bits per heavy atom. The Morgan fingerprint density at radius 3 is 2.60 bits per heavy atom. The predicted octanol–water partition coefficient (Wildman–Crippen LogP) is 3.29. The first-order valence-electron chi connectivity index (χ1n) is 6.93. The molecule has 0 spiro atoms. The lowest BCUT2D eigenvalue weighted by Crippen LogP contribution is -2.32. The van der Waals surface area contributed by atoms with Crippen LogP contribution in [0.1, 0.15) is 12.5 Å².